The van der Waals surface area contributed by atoms with Crippen LogP contribution in [0.25, 0.3) is 0 Å². The third-order valence-electron chi connectivity index (χ3n) is 2.76. The Balaban J connectivity index is 2.59. The Morgan fingerprint density at radius 1 is 1.44 bits per heavy atom. The fourth-order valence-corrected chi connectivity index (χ4v) is 2.42. The molecule has 1 unspecified atom stereocenters. The van der Waals surface area contributed by atoms with Gasteiger partial charge in [0.05, 0.1) is 6.61 Å². The van der Waals surface area contributed by atoms with Crippen molar-refractivity contribution in [1.29, 1.82) is 0 Å². The first-order valence-electron chi connectivity index (χ1n) is 6.09. The summed E-state index contributed by atoms with van der Waals surface area (Å²) >= 11 is 3.50. The summed E-state index contributed by atoms with van der Waals surface area (Å²) in [6.07, 6.45) is 0. The summed E-state index contributed by atoms with van der Waals surface area (Å²) in [7, 11) is 0. The number of carbonyl (C=O) groups excluding carboxylic acids is 1. The molecule has 1 amide bonds. The number of halogens is 1. The molecule has 0 saturated carbocycles. The second kappa shape index (κ2) is 7.41. The number of carbonyl (C=O) groups is 1. The molecular formula is C14H20BrNO2. The normalized spacial score (nSPS) is 12.3. The largest absolute Gasteiger partial charge is 0.493 e. The number of hydrogen-bond donors (Lipinski definition) is 1. The lowest BCUT2D eigenvalue weighted by Crippen LogP contribution is -2.19. The van der Waals surface area contributed by atoms with Crippen LogP contribution in [0.4, 0.5) is 5.69 Å². The maximum Gasteiger partial charge on any atom is 0.221 e. The number of benzene rings is 1. The Kier molecular flexibility index (Phi) is 6.19. The summed E-state index contributed by atoms with van der Waals surface area (Å²) in [6, 6.07) is 7.46. The van der Waals surface area contributed by atoms with Crippen molar-refractivity contribution in [1.82, 2.24) is 0 Å². The van der Waals surface area contributed by atoms with Crippen molar-refractivity contribution < 1.29 is 9.53 Å². The second-order valence-corrected chi connectivity index (χ2v) is 5.33. The van der Waals surface area contributed by atoms with E-state index in [1.807, 2.05) is 24.3 Å². The van der Waals surface area contributed by atoms with Crippen molar-refractivity contribution in [2.45, 2.75) is 20.8 Å². The number of anilines is 1. The van der Waals surface area contributed by atoms with Crippen LogP contribution >= 0.6 is 15.9 Å². The van der Waals surface area contributed by atoms with E-state index < -0.39 is 0 Å². The van der Waals surface area contributed by atoms with Crippen LogP contribution in [-0.2, 0) is 4.79 Å². The molecule has 0 aliphatic heterocycles. The van der Waals surface area contributed by atoms with E-state index in [2.05, 4.69) is 35.1 Å². The van der Waals surface area contributed by atoms with E-state index in [0.717, 1.165) is 16.8 Å². The molecule has 100 valence electrons. The average molecular weight is 314 g/mol. The van der Waals surface area contributed by atoms with Gasteiger partial charge >= 0.3 is 0 Å². The lowest BCUT2D eigenvalue weighted by Gasteiger charge is -2.18. The minimum Gasteiger partial charge on any atom is -0.493 e. The van der Waals surface area contributed by atoms with Gasteiger partial charge in [0.1, 0.15) is 5.75 Å². The summed E-state index contributed by atoms with van der Waals surface area (Å²) in [4.78, 5) is 11.0. The molecule has 1 aromatic rings. The first-order chi connectivity index (χ1) is 8.52. The number of amides is 1. The molecule has 0 aliphatic rings. The van der Waals surface area contributed by atoms with E-state index in [0.29, 0.717) is 18.4 Å². The first kappa shape index (κ1) is 15.0. The van der Waals surface area contributed by atoms with Crippen molar-refractivity contribution >= 4 is 27.5 Å². The molecule has 0 radical (unpaired) electrons. The molecule has 1 N–H and O–H groups in total. The van der Waals surface area contributed by atoms with Crippen LogP contribution < -0.4 is 10.1 Å². The van der Waals surface area contributed by atoms with Gasteiger partial charge in [-0.25, -0.2) is 0 Å². The van der Waals surface area contributed by atoms with Crippen LogP contribution in [0.15, 0.2) is 24.3 Å². The highest BCUT2D eigenvalue weighted by Gasteiger charge is 2.12. The Bertz CT molecular complexity index is 393. The SMILES string of the molecule is CC(=O)Nc1cccc(OCC(CBr)C(C)C)c1. The summed E-state index contributed by atoms with van der Waals surface area (Å²) in [5.74, 6) is 1.76. The smallest absolute Gasteiger partial charge is 0.221 e. The molecule has 0 fully saturated rings. The Morgan fingerprint density at radius 2 is 2.17 bits per heavy atom. The van der Waals surface area contributed by atoms with Crippen LogP contribution in [0.3, 0.4) is 0 Å². The van der Waals surface area contributed by atoms with Crippen LogP contribution in [0.5, 0.6) is 5.75 Å². The van der Waals surface area contributed by atoms with E-state index in [9.17, 15) is 4.79 Å². The van der Waals surface area contributed by atoms with Crippen LogP contribution in [0.2, 0.25) is 0 Å². The number of nitrogens with one attached hydrogen (secondary N) is 1. The molecule has 18 heavy (non-hydrogen) atoms. The number of rotatable bonds is 6. The molecule has 4 heteroatoms. The molecule has 0 aliphatic carbocycles. The standard InChI is InChI=1S/C14H20BrNO2/c1-10(2)12(8-15)9-18-14-6-4-5-13(7-14)16-11(3)17/h4-7,10,12H,8-9H2,1-3H3,(H,16,17). The molecule has 0 heterocycles. The molecule has 0 aromatic heterocycles. The summed E-state index contributed by atoms with van der Waals surface area (Å²) < 4.78 is 5.76. The quantitative estimate of drug-likeness (QED) is 0.813. The van der Waals surface area contributed by atoms with Gasteiger partial charge in [0.2, 0.25) is 5.91 Å². The molecule has 0 spiro atoms. The van der Waals surface area contributed by atoms with Crippen molar-refractivity contribution in [3.05, 3.63) is 24.3 Å². The van der Waals surface area contributed by atoms with Gasteiger partial charge < -0.3 is 10.1 Å². The predicted octanol–water partition coefficient (Wildman–Crippen LogP) is 3.69. The number of hydrogen-bond acceptors (Lipinski definition) is 2. The van der Waals surface area contributed by atoms with Gasteiger partial charge in [0.15, 0.2) is 0 Å². The predicted molar refractivity (Wildman–Crippen MR) is 78.4 cm³/mol. The maximum absolute atomic E-state index is 11.0. The van der Waals surface area contributed by atoms with Crippen molar-refractivity contribution in [3.63, 3.8) is 0 Å². The number of alkyl halides is 1. The van der Waals surface area contributed by atoms with Crippen LogP contribution in [0.1, 0.15) is 20.8 Å². The summed E-state index contributed by atoms with van der Waals surface area (Å²) in [6.45, 7) is 6.53. The van der Waals surface area contributed by atoms with Gasteiger partial charge in [-0.2, -0.15) is 0 Å². The maximum atomic E-state index is 11.0. The Labute approximate surface area is 117 Å². The minimum absolute atomic E-state index is 0.0762. The lowest BCUT2D eigenvalue weighted by molar-refractivity contribution is -0.114. The van der Waals surface area contributed by atoms with Crippen molar-refractivity contribution in [3.8, 4) is 5.75 Å². The third kappa shape index (κ3) is 5.08. The van der Waals surface area contributed by atoms with E-state index >= 15 is 0 Å². The second-order valence-electron chi connectivity index (χ2n) is 4.68. The van der Waals surface area contributed by atoms with E-state index in [1.165, 1.54) is 6.92 Å². The molecule has 1 atom stereocenters. The number of ether oxygens (including phenoxy) is 1. The van der Waals surface area contributed by atoms with Gasteiger partial charge in [0, 0.05) is 29.9 Å². The van der Waals surface area contributed by atoms with Gasteiger partial charge in [0.25, 0.3) is 0 Å². The molecule has 1 rings (SSSR count). The molecule has 1 aromatic carbocycles. The third-order valence-corrected chi connectivity index (χ3v) is 3.59. The highest BCUT2D eigenvalue weighted by Crippen LogP contribution is 2.20. The van der Waals surface area contributed by atoms with Crippen LogP contribution in [0, 0.1) is 11.8 Å². The lowest BCUT2D eigenvalue weighted by atomic mass is 9.99. The van der Waals surface area contributed by atoms with Gasteiger partial charge in [-0.15, -0.1) is 0 Å². The van der Waals surface area contributed by atoms with E-state index in [4.69, 9.17) is 4.74 Å². The summed E-state index contributed by atoms with van der Waals surface area (Å²) in [5, 5.41) is 3.67. The minimum atomic E-state index is -0.0762. The van der Waals surface area contributed by atoms with Crippen molar-refractivity contribution in [2.24, 2.45) is 11.8 Å². The molecule has 0 saturated heterocycles. The van der Waals surface area contributed by atoms with E-state index in [-0.39, 0.29) is 5.91 Å². The topological polar surface area (TPSA) is 38.3 Å². The van der Waals surface area contributed by atoms with Gasteiger partial charge in [-0.3, -0.25) is 4.79 Å². The molecule has 0 bridgehead atoms. The molecule has 3 nitrogen and oxygen atoms in total. The zero-order valence-electron chi connectivity index (χ0n) is 11.1. The van der Waals surface area contributed by atoms with Crippen LogP contribution in [-0.4, -0.2) is 17.8 Å². The van der Waals surface area contributed by atoms with Gasteiger partial charge in [-0.05, 0) is 18.1 Å². The molecular weight excluding hydrogens is 294 g/mol. The average Bonchev–Trinajstić information content (AvgIpc) is 2.29. The highest BCUT2D eigenvalue weighted by atomic mass is 79.9. The van der Waals surface area contributed by atoms with E-state index in [1.54, 1.807) is 0 Å². The zero-order valence-corrected chi connectivity index (χ0v) is 12.7. The fourth-order valence-electron chi connectivity index (χ4n) is 1.49. The monoisotopic (exact) mass is 313 g/mol. The van der Waals surface area contributed by atoms with Gasteiger partial charge in [-0.1, -0.05) is 35.8 Å². The fraction of sp³-hybridized carbons (Fsp3) is 0.500. The first-order valence-corrected chi connectivity index (χ1v) is 7.21. The Hall–Kier alpha value is -1.03. The highest BCUT2D eigenvalue weighted by molar-refractivity contribution is 9.09. The Morgan fingerprint density at radius 3 is 2.72 bits per heavy atom. The van der Waals surface area contributed by atoms with Crippen molar-refractivity contribution in [2.75, 3.05) is 17.3 Å². The zero-order chi connectivity index (χ0) is 13.5. The summed E-state index contributed by atoms with van der Waals surface area (Å²) in [5.41, 5.74) is 0.764.